The number of anilines is 2. The Hall–Kier alpha value is -3.59. The van der Waals surface area contributed by atoms with Crippen molar-refractivity contribution < 1.29 is 22.7 Å². The zero-order valence-electron chi connectivity index (χ0n) is 17.9. The number of hydrogen-bond acceptors (Lipinski definition) is 5. The van der Waals surface area contributed by atoms with Gasteiger partial charge >= 0.3 is 6.36 Å². The number of rotatable bonds is 6. The Morgan fingerprint density at radius 1 is 1.12 bits per heavy atom. The number of pyridine rings is 1. The van der Waals surface area contributed by atoms with Crippen LogP contribution in [-0.2, 0) is 6.54 Å². The molecule has 1 amide bonds. The Bertz CT molecular complexity index is 1090. The minimum atomic E-state index is -4.71. The van der Waals surface area contributed by atoms with Crippen LogP contribution >= 0.6 is 0 Å². The molecule has 0 spiro atoms. The molecule has 9 heteroatoms. The number of carbonyl (C=O) groups is 1. The molecule has 1 atom stereocenters. The van der Waals surface area contributed by atoms with Crippen LogP contribution in [0.3, 0.4) is 0 Å². The van der Waals surface area contributed by atoms with E-state index in [9.17, 15) is 18.0 Å². The number of amides is 1. The number of benzene rings is 2. The molecular formula is C24H23F3N4O2. The fourth-order valence-corrected chi connectivity index (χ4v) is 3.78. The van der Waals surface area contributed by atoms with Gasteiger partial charge in [0.15, 0.2) is 0 Å². The summed E-state index contributed by atoms with van der Waals surface area (Å²) in [5.74, 6) is -0.451. The van der Waals surface area contributed by atoms with Gasteiger partial charge in [0.05, 0.1) is 18.6 Å². The molecule has 4 rings (SSSR count). The predicted molar refractivity (Wildman–Crippen MR) is 119 cm³/mol. The van der Waals surface area contributed by atoms with Gasteiger partial charge in [-0.15, -0.1) is 13.2 Å². The Morgan fingerprint density at radius 3 is 2.55 bits per heavy atom. The second-order valence-electron chi connectivity index (χ2n) is 7.85. The standard InChI is InChI=1S/C24H23F3N4O2/c1-17-14-31(20-7-9-21(10-8-20)33-24(25,26)27)16-30(17)15-19-11-12-28-13-22(19)29-23(32)18-5-3-2-4-6-18/h2-13,17H,14-16H2,1H3,(H,29,32). The van der Waals surface area contributed by atoms with Gasteiger partial charge in [0.2, 0.25) is 0 Å². The zero-order valence-corrected chi connectivity index (χ0v) is 17.9. The van der Waals surface area contributed by atoms with E-state index in [0.29, 0.717) is 24.5 Å². The van der Waals surface area contributed by atoms with Gasteiger partial charge in [0.1, 0.15) is 5.75 Å². The fourth-order valence-electron chi connectivity index (χ4n) is 3.78. The Kier molecular flexibility index (Phi) is 6.50. The normalized spacial score (nSPS) is 16.6. The van der Waals surface area contributed by atoms with Crippen LogP contribution in [0.2, 0.25) is 0 Å². The molecule has 1 N–H and O–H groups in total. The summed E-state index contributed by atoms with van der Waals surface area (Å²) in [5, 5.41) is 2.94. The highest BCUT2D eigenvalue weighted by Gasteiger charge is 2.31. The first-order valence-corrected chi connectivity index (χ1v) is 10.4. The van der Waals surface area contributed by atoms with E-state index in [2.05, 4.69) is 31.8 Å². The summed E-state index contributed by atoms with van der Waals surface area (Å²) in [4.78, 5) is 21.0. The van der Waals surface area contributed by atoms with E-state index in [4.69, 9.17) is 0 Å². The van der Waals surface area contributed by atoms with Gasteiger partial charge in [0, 0.05) is 36.6 Å². The van der Waals surface area contributed by atoms with Crippen LogP contribution in [-0.4, -0.2) is 41.4 Å². The quantitative estimate of drug-likeness (QED) is 0.572. The Balaban J connectivity index is 1.42. The number of carbonyl (C=O) groups excluding carboxylic acids is 1. The van der Waals surface area contributed by atoms with Gasteiger partial charge in [-0.25, -0.2) is 0 Å². The number of halogens is 3. The van der Waals surface area contributed by atoms with Crippen LogP contribution in [0.25, 0.3) is 0 Å². The van der Waals surface area contributed by atoms with Crippen LogP contribution in [0.5, 0.6) is 5.75 Å². The summed E-state index contributed by atoms with van der Waals surface area (Å²) in [6.07, 6.45) is -1.39. The molecule has 2 heterocycles. The minimum absolute atomic E-state index is 0.196. The number of aromatic nitrogens is 1. The van der Waals surface area contributed by atoms with E-state index >= 15 is 0 Å². The number of hydrogen-bond donors (Lipinski definition) is 1. The Labute approximate surface area is 189 Å². The lowest BCUT2D eigenvalue weighted by Crippen LogP contribution is -2.29. The SMILES string of the molecule is CC1CN(c2ccc(OC(F)(F)F)cc2)CN1Cc1ccncc1NC(=O)c1ccccc1. The van der Waals surface area contributed by atoms with E-state index in [0.717, 1.165) is 17.8 Å². The fraction of sp³-hybridized carbons (Fsp3) is 0.250. The lowest BCUT2D eigenvalue weighted by molar-refractivity contribution is -0.274. The molecule has 1 aliphatic rings. The summed E-state index contributed by atoms with van der Waals surface area (Å²) in [7, 11) is 0. The van der Waals surface area contributed by atoms with E-state index < -0.39 is 6.36 Å². The first kappa shape index (κ1) is 22.6. The Morgan fingerprint density at radius 2 is 1.85 bits per heavy atom. The molecule has 0 aliphatic carbocycles. The molecule has 1 saturated heterocycles. The molecule has 0 bridgehead atoms. The van der Waals surface area contributed by atoms with Crippen molar-refractivity contribution in [2.45, 2.75) is 25.9 Å². The lowest BCUT2D eigenvalue weighted by Gasteiger charge is -2.22. The van der Waals surface area contributed by atoms with E-state index in [-0.39, 0.29) is 17.7 Å². The zero-order chi connectivity index (χ0) is 23.4. The van der Waals surface area contributed by atoms with Crippen molar-refractivity contribution >= 4 is 17.3 Å². The van der Waals surface area contributed by atoms with Crippen molar-refractivity contribution in [1.82, 2.24) is 9.88 Å². The van der Waals surface area contributed by atoms with Gasteiger partial charge < -0.3 is 15.0 Å². The van der Waals surface area contributed by atoms with Gasteiger partial charge in [-0.3, -0.25) is 14.7 Å². The molecule has 0 saturated carbocycles. The van der Waals surface area contributed by atoms with Gasteiger partial charge in [0.25, 0.3) is 5.91 Å². The van der Waals surface area contributed by atoms with Crippen molar-refractivity contribution in [3.05, 3.63) is 84.2 Å². The van der Waals surface area contributed by atoms with Crippen molar-refractivity contribution in [3.63, 3.8) is 0 Å². The van der Waals surface area contributed by atoms with Crippen molar-refractivity contribution in [2.75, 3.05) is 23.4 Å². The summed E-state index contributed by atoms with van der Waals surface area (Å²) in [5.41, 5.74) is 2.94. The average molecular weight is 456 g/mol. The maximum atomic E-state index is 12.6. The molecule has 1 aliphatic heterocycles. The lowest BCUT2D eigenvalue weighted by atomic mass is 10.1. The highest BCUT2D eigenvalue weighted by Crippen LogP contribution is 2.29. The van der Waals surface area contributed by atoms with Crippen LogP contribution in [0.4, 0.5) is 24.5 Å². The number of alkyl halides is 3. The molecule has 2 aromatic carbocycles. The van der Waals surface area contributed by atoms with E-state index in [1.54, 1.807) is 48.8 Å². The highest BCUT2D eigenvalue weighted by molar-refractivity contribution is 6.04. The molecule has 1 fully saturated rings. The average Bonchev–Trinajstić information content (AvgIpc) is 3.15. The largest absolute Gasteiger partial charge is 0.573 e. The van der Waals surface area contributed by atoms with Crippen LogP contribution in [0.1, 0.15) is 22.8 Å². The molecule has 1 aromatic heterocycles. The van der Waals surface area contributed by atoms with Crippen molar-refractivity contribution in [1.29, 1.82) is 0 Å². The van der Waals surface area contributed by atoms with E-state index in [1.165, 1.54) is 12.1 Å². The van der Waals surface area contributed by atoms with Gasteiger partial charge in [-0.2, -0.15) is 0 Å². The van der Waals surface area contributed by atoms with Gasteiger partial charge in [-0.05, 0) is 55.0 Å². The summed E-state index contributed by atoms with van der Waals surface area (Å²) in [6.45, 7) is 3.98. The van der Waals surface area contributed by atoms with Crippen LogP contribution in [0, 0.1) is 0 Å². The number of nitrogens with one attached hydrogen (secondary N) is 1. The topological polar surface area (TPSA) is 57.7 Å². The third-order valence-corrected chi connectivity index (χ3v) is 5.46. The molecular weight excluding hydrogens is 433 g/mol. The number of ether oxygens (including phenoxy) is 1. The molecule has 0 radical (unpaired) electrons. The molecule has 33 heavy (non-hydrogen) atoms. The maximum absolute atomic E-state index is 12.6. The third-order valence-electron chi connectivity index (χ3n) is 5.46. The molecule has 1 unspecified atom stereocenters. The first-order chi connectivity index (χ1) is 15.8. The third kappa shape index (κ3) is 5.81. The first-order valence-electron chi connectivity index (χ1n) is 10.4. The monoisotopic (exact) mass is 456 g/mol. The van der Waals surface area contributed by atoms with Crippen molar-refractivity contribution in [2.24, 2.45) is 0 Å². The summed E-state index contributed by atoms with van der Waals surface area (Å²) < 4.78 is 41.1. The molecule has 3 aromatic rings. The van der Waals surface area contributed by atoms with Crippen LogP contribution in [0.15, 0.2) is 73.1 Å². The number of nitrogens with zero attached hydrogens (tertiary/aromatic N) is 3. The molecule has 6 nitrogen and oxygen atoms in total. The van der Waals surface area contributed by atoms with Crippen LogP contribution < -0.4 is 15.0 Å². The molecule has 172 valence electrons. The summed E-state index contributed by atoms with van der Waals surface area (Å²) in [6, 6.07) is 16.9. The second kappa shape index (κ2) is 9.50. The van der Waals surface area contributed by atoms with E-state index in [1.807, 2.05) is 12.1 Å². The van der Waals surface area contributed by atoms with Gasteiger partial charge in [-0.1, -0.05) is 18.2 Å². The summed E-state index contributed by atoms with van der Waals surface area (Å²) >= 11 is 0. The predicted octanol–water partition coefficient (Wildman–Crippen LogP) is 4.90. The maximum Gasteiger partial charge on any atom is 0.573 e. The van der Waals surface area contributed by atoms with Crippen molar-refractivity contribution in [3.8, 4) is 5.75 Å². The highest BCUT2D eigenvalue weighted by atomic mass is 19.4. The second-order valence-corrected chi connectivity index (χ2v) is 7.85. The smallest absolute Gasteiger partial charge is 0.406 e. The minimum Gasteiger partial charge on any atom is -0.406 e.